The molecule has 0 unspecified atom stereocenters. The van der Waals surface area contributed by atoms with E-state index < -0.39 is 0 Å². The van der Waals surface area contributed by atoms with Crippen molar-refractivity contribution in [1.29, 1.82) is 0 Å². The topological polar surface area (TPSA) is 101 Å². The summed E-state index contributed by atoms with van der Waals surface area (Å²) in [4.78, 5) is 3.92. The Morgan fingerprint density at radius 1 is 1.53 bits per heavy atom. The first-order valence-corrected chi connectivity index (χ1v) is 4.45. The van der Waals surface area contributed by atoms with Crippen LogP contribution in [0.15, 0.2) is 23.5 Å². The Labute approximate surface area is 87.0 Å². The summed E-state index contributed by atoms with van der Waals surface area (Å²) in [5, 5.41) is 19.8. The highest BCUT2D eigenvalue weighted by Crippen LogP contribution is 2.09. The summed E-state index contributed by atoms with van der Waals surface area (Å²) in [7, 11) is 0. The van der Waals surface area contributed by atoms with Gasteiger partial charge in [-0.3, -0.25) is 0 Å². The minimum atomic E-state index is -0.0445. The Morgan fingerprint density at radius 3 is 2.87 bits per heavy atom. The van der Waals surface area contributed by atoms with E-state index in [2.05, 4.69) is 10.1 Å². The maximum Gasteiger partial charge on any atom is 0.188 e. The van der Waals surface area contributed by atoms with Gasteiger partial charge in [0, 0.05) is 13.0 Å². The summed E-state index contributed by atoms with van der Waals surface area (Å²) in [6.07, 6.45) is 2.05. The van der Waals surface area contributed by atoms with E-state index in [1.54, 1.807) is 12.1 Å². The molecule has 1 aromatic heterocycles. The van der Waals surface area contributed by atoms with Gasteiger partial charge < -0.3 is 20.8 Å². The van der Waals surface area contributed by atoms with Crippen LogP contribution in [0, 0.1) is 0 Å². The minimum absolute atomic E-state index is 0.0445. The molecule has 1 rings (SSSR count). The summed E-state index contributed by atoms with van der Waals surface area (Å²) in [6.45, 7) is 0.525. The number of ether oxygens (including phenoxy) is 1. The van der Waals surface area contributed by atoms with Gasteiger partial charge in [0.05, 0.1) is 12.8 Å². The number of rotatable bonds is 5. The van der Waals surface area contributed by atoms with Crippen LogP contribution in [0.25, 0.3) is 0 Å². The minimum Gasteiger partial charge on any atom is -0.492 e. The average Bonchev–Trinajstić information content (AvgIpc) is 2.29. The van der Waals surface area contributed by atoms with Gasteiger partial charge in [0.15, 0.2) is 5.84 Å². The molecule has 6 heteroatoms. The van der Waals surface area contributed by atoms with E-state index in [4.69, 9.17) is 20.8 Å². The lowest BCUT2D eigenvalue weighted by molar-refractivity contribution is 0.233. The van der Waals surface area contributed by atoms with Crippen molar-refractivity contribution < 1.29 is 15.1 Å². The third-order valence-corrected chi connectivity index (χ3v) is 1.68. The second-order valence-corrected chi connectivity index (χ2v) is 2.79. The molecule has 0 saturated heterocycles. The van der Waals surface area contributed by atoms with Crippen molar-refractivity contribution in [3.8, 4) is 5.75 Å². The van der Waals surface area contributed by atoms with Gasteiger partial charge in [0.1, 0.15) is 11.4 Å². The van der Waals surface area contributed by atoms with E-state index >= 15 is 0 Å². The van der Waals surface area contributed by atoms with E-state index in [0.717, 1.165) is 0 Å². The number of hydrogen-bond acceptors (Lipinski definition) is 5. The Kier molecular flexibility index (Phi) is 4.36. The van der Waals surface area contributed by atoms with Crippen molar-refractivity contribution in [2.24, 2.45) is 10.9 Å². The quantitative estimate of drug-likeness (QED) is 0.208. The zero-order chi connectivity index (χ0) is 11.1. The monoisotopic (exact) mass is 211 g/mol. The molecule has 0 radical (unpaired) electrons. The normalized spacial score (nSPS) is 11.4. The van der Waals surface area contributed by atoms with Crippen LogP contribution in [0.2, 0.25) is 0 Å². The van der Waals surface area contributed by atoms with Gasteiger partial charge in [0.2, 0.25) is 0 Å². The lowest BCUT2D eigenvalue weighted by atomic mass is 10.3. The van der Waals surface area contributed by atoms with Crippen LogP contribution in [-0.2, 0) is 0 Å². The first kappa shape index (κ1) is 11.3. The molecule has 0 spiro atoms. The lowest BCUT2D eigenvalue weighted by Crippen LogP contribution is -2.14. The van der Waals surface area contributed by atoms with Gasteiger partial charge in [-0.1, -0.05) is 5.16 Å². The van der Waals surface area contributed by atoms with Crippen LogP contribution in [0.4, 0.5) is 0 Å². The molecule has 1 aromatic rings. The Balaban J connectivity index is 2.56. The van der Waals surface area contributed by atoms with Crippen LogP contribution < -0.4 is 10.5 Å². The van der Waals surface area contributed by atoms with Crippen molar-refractivity contribution in [1.82, 2.24) is 4.98 Å². The van der Waals surface area contributed by atoms with Gasteiger partial charge in [-0.05, 0) is 12.1 Å². The van der Waals surface area contributed by atoms with E-state index in [9.17, 15) is 0 Å². The second-order valence-electron chi connectivity index (χ2n) is 2.79. The predicted molar refractivity (Wildman–Crippen MR) is 53.9 cm³/mol. The molecule has 0 atom stereocenters. The van der Waals surface area contributed by atoms with Crippen molar-refractivity contribution in [2.45, 2.75) is 6.42 Å². The van der Waals surface area contributed by atoms with Crippen LogP contribution in [0.3, 0.4) is 0 Å². The molecule has 15 heavy (non-hydrogen) atoms. The molecule has 4 N–H and O–H groups in total. The number of pyridine rings is 1. The third-order valence-electron chi connectivity index (χ3n) is 1.68. The van der Waals surface area contributed by atoms with Crippen LogP contribution >= 0.6 is 0 Å². The number of aliphatic hydroxyl groups excluding tert-OH is 1. The maximum absolute atomic E-state index is 8.54. The molecule has 82 valence electrons. The van der Waals surface area contributed by atoms with Crippen LogP contribution in [-0.4, -0.2) is 34.3 Å². The first-order valence-electron chi connectivity index (χ1n) is 4.45. The highest BCUT2D eigenvalue weighted by Gasteiger charge is 2.00. The zero-order valence-electron chi connectivity index (χ0n) is 8.13. The van der Waals surface area contributed by atoms with Crippen molar-refractivity contribution in [3.05, 3.63) is 24.0 Å². The highest BCUT2D eigenvalue weighted by atomic mass is 16.5. The van der Waals surface area contributed by atoms with Gasteiger partial charge in [-0.2, -0.15) is 0 Å². The van der Waals surface area contributed by atoms with Crippen molar-refractivity contribution in [2.75, 3.05) is 13.2 Å². The molecule has 0 aromatic carbocycles. The van der Waals surface area contributed by atoms with Crippen molar-refractivity contribution >= 4 is 5.84 Å². The zero-order valence-corrected chi connectivity index (χ0v) is 8.13. The first-order chi connectivity index (χ1) is 7.27. The fourth-order valence-electron chi connectivity index (χ4n) is 0.923. The average molecular weight is 211 g/mol. The molecule has 0 fully saturated rings. The van der Waals surface area contributed by atoms with E-state index in [-0.39, 0.29) is 12.4 Å². The highest BCUT2D eigenvalue weighted by molar-refractivity contribution is 5.95. The maximum atomic E-state index is 8.54. The van der Waals surface area contributed by atoms with E-state index in [1.807, 2.05) is 0 Å². The Hall–Kier alpha value is -1.82. The standard InChI is InChI=1S/C9H13N3O3/c10-9(12-14)8-3-2-7(6-11-8)15-5-1-4-13/h2-3,6,13-14H,1,4-5H2,(H2,10,12). The predicted octanol–water partition coefficient (Wildman–Crippen LogP) is -0.0627. The van der Waals surface area contributed by atoms with E-state index in [1.165, 1.54) is 6.20 Å². The number of hydrogen-bond donors (Lipinski definition) is 3. The molecular weight excluding hydrogens is 198 g/mol. The molecule has 1 heterocycles. The number of aromatic nitrogens is 1. The number of amidine groups is 1. The molecule has 0 aliphatic rings. The fourth-order valence-corrected chi connectivity index (χ4v) is 0.923. The van der Waals surface area contributed by atoms with Crippen molar-refractivity contribution in [3.63, 3.8) is 0 Å². The molecule has 0 amide bonds. The van der Waals surface area contributed by atoms with Crippen LogP contribution in [0.1, 0.15) is 12.1 Å². The summed E-state index contributed by atoms with van der Waals surface area (Å²) < 4.78 is 5.25. The summed E-state index contributed by atoms with van der Waals surface area (Å²) in [5.74, 6) is 0.537. The molecule has 0 aliphatic carbocycles. The molecule has 0 aliphatic heterocycles. The lowest BCUT2D eigenvalue weighted by Gasteiger charge is -2.04. The Morgan fingerprint density at radius 2 is 2.33 bits per heavy atom. The number of nitrogens with zero attached hydrogens (tertiary/aromatic N) is 2. The summed E-state index contributed by atoms with van der Waals surface area (Å²) in [5.41, 5.74) is 5.71. The largest absolute Gasteiger partial charge is 0.492 e. The van der Waals surface area contributed by atoms with Gasteiger partial charge in [0.25, 0.3) is 0 Å². The van der Waals surface area contributed by atoms with Crippen LogP contribution in [0.5, 0.6) is 5.75 Å². The fraction of sp³-hybridized carbons (Fsp3) is 0.333. The molecule has 0 bridgehead atoms. The Bertz CT molecular complexity index is 324. The molecule has 6 nitrogen and oxygen atoms in total. The third kappa shape index (κ3) is 3.43. The second kappa shape index (κ2) is 5.82. The van der Waals surface area contributed by atoms with Gasteiger partial charge in [-0.15, -0.1) is 0 Å². The van der Waals surface area contributed by atoms with Gasteiger partial charge in [-0.25, -0.2) is 4.98 Å². The number of aliphatic hydroxyl groups is 1. The molecular formula is C9H13N3O3. The van der Waals surface area contributed by atoms with E-state index in [0.29, 0.717) is 24.5 Å². The summed E-state index contributed by atoms with van der Waals surface area (Å²) >= 11 is 0. The number of nitrogens with two attached hydrogens (primary N) is 1. The van der Waals surface area contributed by atoms with Gasteiger partial charge >= 0.3 is 0 Å². The smallest absolute Gasteiger partial charge is 0.188 e. The summed E-state index contributed by atoms with van der Waals surface area (Å²) in [6, 6.07) is 3.25. The molecule has 0 saturated carbocycles. The number of oxime groups is 1. The SMILES string of the molecule is N/C(=N/O)c1ccc(OCCCO)cn1.